The monoisotopic (exact) mass is 189 g/mol. The van der Waals surface area contributed by atoms with Crippen LogP contribution in [0.4, 0.5) is 0 Å². The second-order valence-electron chi connectivity index (χ2n) is 2.68. The summed E-state index contributed by atoms with van der Waals surface area (Å²) in [5.74, 6) is -1.08. The van der Waals surface area contributed by atoms with Gasteiger partial charge in [-0.1, -0.05) is 0 Å². The Morgan fingerprint density at radius 1 is 1.07 bits per heavy atom. The van der Waals surface area contributed by atoms with Crippen molar-refractivity contribution in [1.29, 1.82) is 0 Å². The molecule has 5 nitrogen and oxygen atoms in total. The smallest absolute Gasteiger partial charge is 0.276 e. The predicted molar refractivity (Wildman–Crippen MR) is 47.7 cm³/mol. The summed E-state index contributed by atoms with van der Waals surface area (Å²) in [5, 5.41) is 18.1. The van der Waals surface area contributed by atoms with E-state index >= 15 is 0 Å². The predicted octanol–water partition coefficient (Wildman–Crippen LogP) is 0.499. The van der Waals surface area contributed by atoms with Crippen LogP contribution in [-0.2, 0) is 4.79 Å². The number of nitrogens with zero attached hydrogens (tertiary/aromatic N) is 2. The van der Waals surface area contributed by atoms with Crippen molar-refractivity contribution in [3.8, 4) is 11.8 Å². The zero-order chi connectivity index (χ0) is 10.1. The van der Waals surface area contributed by atoms with E-state index < -0.39 is 11.8 Å². The fraction of sp³-hybridized carbons (Fsp3) is 0. The third-order valence-corrected chi connectivity index (χ3v) is 1.75. The van der Waals surface area contributed by atoms with Crippen molar-refractivity contribution < 1.29 is 15.0 Å². The minimum absolute atomic E-state index is 0.317. The average molecular weight is 189 g/mol. The summed E-state index contributed by atoms with van der Waals surface area (Å²) in [6.45, 7) is 0. The van der Waals surface area contributed by atoms with E-state index in [-0.39, 0.29) is 0 Å². The Hall–Kier alpha value is -2.17. The Kier molecular flexibility index (Phi) is 1.78. The van der Waals surface area contributed by atoms with Crippen LogP contribution in [0.5, 0.6) is 11.8 Å². The first-order valence-corrected chi connectivity index (χ1v) is 3.78. The normalized spacial score (nSPS) is 10.3. The molecule has 1 heterocycles. The number of fused-ring (bicyclic) bond motifs is 1. The minimum atomic E-state index is -0.555. The molecule has 0 bridgehead atoms. The highest BCUT2D eigenvalue weighted by molar-refractivity contribution is 5.85. The molecule has 1 aromatic heterocycles. The lowest BCUT2D eigenvalue weighted by Gasteiger charge is -1.99. The van der Waals surface area contributed by atoms with Gasteiger partial charge in [-0.05, 0) is 18.2 Å². The van der Waals surface area contributed by atoms with Crippen molar-refractivity contribution in [2.75, 3.05) is 0 Å². The summed E-state index contributed by atoms with van der Waals surface area (Å²) in [4.78, 5) is 17.6. The van der Waals surface area contributed by atoms with E-state index in [2.05, 4.69) is 9.97 Å². The summed E-state index contributed by atoms with van der Waals surface area (Å²) in [6.07, 6.45) is 1.69. The molecule has 0 aliphatic rings. The third kappa shape index (κ3) is 1.24. The van der Waals surface area contributed by atoms with Crippen molar-refractivity contribution in [1.82, 2.24) is 9.97 Å². The van der Waals surface area contributed by atoms with Gasteiger partial charge >= 0.3 is 0 Å². The lowest BCUT2D eigenvalue weighted by Crippen LogP contribution is -1.87. The van der Waals surface area contributed by atoms with Crippen LogP contribution < -0.4 is 0 Å². The maximum absolute atomic E-state index is 10.3. The highest BCUT2D eigenvalue weighted by atomic mass is 16.3. The van der Waals surface area contributed by atoms with Crippen LogP contribution in [0, 0.1) is 0 Å². The molecule has 0 aliphatic heterocycles. The van der Waals surface area contributed by atoms with Gasteiger partial charge in [0.25, 0.3) is 11.8 Å². The van der Waals surface area contributed by atoms with Crippen LogP contribution in [0.15, 0.2) is 18.2 Å². The lowest BCUT2D eigenvalue weighted by atomic mass is 10.2. The largest absolute Gasteiger partial charge is 0.489 e. The van der Waals surface area contributed by atoms with Gasteiger partial charge < -0.3 is 10.2 Å². The van der Waals surface area contributed by atoms with Gasteiger partial charge in [0.15, 0.2) is 0 Å². The van der Waals surface area contributed by atoms with Gasteiger partial charge in [-0.2, -0.15) is 0 Å². The third-order valence-electron chi connectivity index (χ3n) is 1.75. The molecule has 14 heavy (non-hydrogen) atoms. The van der Waals surface area contributed by atoms with E-state index in [1.54, 1.807) is 6.29 Å². The molecule has 0 atom stereocenters. The van der Waals surface area contributed by atoms with Crippen LogP contribution >= 0.6 is 0 Å². The first-order chi connectivity index (χ1) is 6.70. The first-order valence-electron chi connectivity index (χ1n) is 3.78. The fourth-order valence-corrected chi connectivity index (χ4v) is 1.10. The molecular formula is C9H5N2O3. The van der Waals surface area contributed by atoms with Crippen molar-refractivity contribution in [2.24, 2.45) is 0 Å². The Morgan fingerprint density at radius 2 is 1.71 bits per heavy atom. The highest BCUT2D eigenvalue weighted by Gasteiger charge is 2.06. The van der Waals surface area contributed by atoms with Crippen molar-refractivity contribution >= 4 is 17.3 Å². The van der Waals surface area contributed by atoms with Crippen molar-refractivity contribution in [3.63, 3.8) is 0 Å². The van der Waals surface area contributed by atoms with Crippen LogP contribution in [0.1, 0.15) is 5.56 Å². The summed E-state index contributed by atoms with van der Waals surface area (Å²) in [6, 6.07) is 4.44. The second-order valence-corrected chi connectivity index (χ2v) is 2.68. The first kappa shape index (κ1) is 8.43. The van der Waals surface area contributed by atoms with Crippen molar-refractivity contribution in [3.05, 3.63) is 23.8 Å². The number of hydrogen-bond donors (Lipinski definition) is 2. The molecule has 0 aliphatic carbocycles. The van der Waals surface area contributed by atoms with Gasteiger partial charge in [-0.3, -0.25) is 4.79 Å². The van der Waals surface area contributed by atoms with Gasteiger partial charge in [0.2, 0.25) is 6.29 Å². The maximum atomic E-state index is 10.3. The van der Waals surface area contributed by atoms with E-state index in [9.17, 15) is 4.79 Å². The molecular weight excluding hydrogens is 184 g/mol. The second kappa shape index (κ2) is 2.95. The molecule has 1 radical (unpaired) electrons. The number of benzene rings is 1. The molecule has 69 valence electrons. The van der Waals surface area contributed by atoms with E-state index in [4.69, 9.17) is 10.2 Å². The van der Waals surface area contributed by atoms with Crippen molar-refractivity contribution in [2.45, 2.75) is 0 Å². The summed E-state index contributed by atoms with van der Waals surface area (Å²) >= 11 is 0. The Balaban J connectivity index is 2.76. The summed E-state index contributed by atoms with van der Waals surface area (Å²) < 4.78 is 0. The molecule has 1 aromatic carbocycles. The molecule has 0 saturated heterocycles. The standard InChI is InChI=1S/C9H5N2O3/c12-4-5-1-2-6-7(3-5)11-9(14)8(13)10-6/h1-3H,(H,10,13)(H,11,14). The molecule has 2 aromatic rings. The topological polar surface area (TPSA) is 83.3 Å². The minimum Gasteiger partial charge on any atom is -0.489 e. The summed E-state index contributed by atoms with van der Waals surface area (Å²) in [7, 11) is 0. The number of hydrogen-bond acceptors (Lipinski definition) is 5. The van der Waals surface area contributed by atoms with Crippen LogP contribution in [0.3, 0.4) is 0 Å². The lowest BCUT2D eigenvalue weighted by molar-refractivity contribution is 0.378. The van der Waals surface area contributed by atoms with Gasteiger partial charge in [0, 0.05) is 5.56 Å². The van der Waals surface area contributed by atoms with E-state index in [1.807, 2.05) is 0 Å². The van der Waals surface area contributed by atoms with Gasteiger partial charge in [0.05, 0.1) is 11.0 Å². The number of carbonyl (C=O) groups excluding carboxylic acids is 1. The van der Waals surface area contributed by atoms with Crippen LogP contribution in [0.2, 0.25) is 0 Å². The number of aromatic nitrogens is 2. The van der Waals surface area contributed by atoms with E-state index in [0.29, 0.717) is 16.6 Å². The Morgan fingerprint density at radius 3 is 2.36 bits per heavy atom. The molecule has 0 amide bonds. The van der Waals surface area contributed by atoms with Crippen LogP contribution in [-0.4, -0.2) is 26.5 Å². The van der Waals surface area contributed by atoms with Gasteiger partial charge in [0.1, 0.15) is 0 Å². The molecule has 2 rings (SSSR count). The summed E-state index contributed by atoms with van der Waals surface area (Å²) in [5.41, 5.74) is 1.05. The Labute approximate surface area is 78.7 Å². The van der Waals surface area contributed by atoms with Gasteiger partial charge in [-0.25, -0.2) is 9.97 Å². The molecule has 5 heteroatoms. The zero-order valence-electron chi connectivity index (χ0n) is 6.93. The molecule has 0 fully saturated rings. The Bertz CT molecular complexity index is 511. The maximum Gasteiger partial charge on any atom is 0.276 e. The SMILES string of the molecule is O=[C]c1ccc2nc(O)c(O)nc2c1. The zero-order valence-corrected chi connectivity index (χ0v) is 6.93. The highest BCUT2D eigenvalue weighted by Crippen LogP contribution is 2.22. The molecule has 0 saturated carbocycles. The van der Waals surface area contributed by atoms with Gasteiger partial charge in [-0.15, -0.1) is 0 Å². The molecule has 0 unspecified atom stereocenters. The average Bonchev–Trinajstić information content (AvgIpc) is 2.19. The molecule has 2 N–H and O–H groups in total. The van der Waals surface area contributed by atoms with Crippen LogP contribution in [0.25, 0.3) is 11.0 Å². The van der Waals surface area contributed by atoms with E-state index in [1.165, 1.54) is 18.2 Å². The number of rotatable bonds is 1. The van der Waals surface area contributed by atoms with E-state index in [0.717, 1.165) is 0 Å². The molecule has 0 spiro atoms. The number of aromatic hydroxyl groups is 2. The fourth-order valence-electron chi connectivity index (χ4n) is 1.10. The quantitative estimate of drug-likeness (QED) is 0.682.